The van der Waals surface area contributed by atoms with E-state index in [1.807, 2.05) is 12.1 Å². The molecule has 1 atom stereocenters. The monoisotopic (exact) mass is 410 g/mol. The zero-order valence-corrected chi connectivity index (χ0v) is 17.1. The smallest absolute Gasteiger partial charge is 0.307 e. The maximum Gasteiger partial charge on any atom is 0.307 e. The molecule has 0 aliphatic heterocycles. The lowest BCUT2D eigenvalue weighted by Crippen LogP contribution is -2.46. The van der Waals surface area contributed by atoms with Crippen LogP contribution in [0, 0.1) is 0 Å². The van der Waals surface area contributed by atoms with E-state index in [4.69, 9.17) is 4.74 Å². The quantitative estimate of drug-likeness (QED) is 0.376. The van der Waals surface area contributed by atoms with Gasteiger partial charge in [0.25, 0.3) is 11.8 Å². The Morgan fingerprint density at radius 2 is 1.53 bits per heavy atom. The summed E-state index contributed by atoms with van der Waals surface area (Å²) >= 11 is 0. The Bertz CT molecular complexity index is 878. The van der Waals surface area contributed by atoms with Crippen molar-refractivity contribution in [1.29, 1.82) is 0 Å². The number of hydrogen-bond donors (Lipinski definition) is 2. The topological polar surface area (TPSA) is 102 Å². The molecule has 0 aromatic heterocycles. The predicted molar refractivity (Wildman–Crippen MR) is 112 cm³/mol. The molecule has 2 aromatic carbocycles. The summed E-state index contributed by atoms with van der Waals surface area (Å²) in [6.45, 7) is 3.47. The third-order valence-corrected chi connectivity index (χ3v) is 4.38. The average molecular weight is 410 g/mol. The SMILES string of the molecule is CCCc1ccc(C(=O)CCC(=O)O[C@@H](C)C(=O)NNC(=O)c2ccccc2)cc1. The van der Waals surface area contributed by atoms with Gasteiger partial charge in [0.05, 0.1) is 6.42 Å². The van der Waals surface area contributed by atoms with E-state index in [2.05, 4.69) is 17.8 Å². The lowest BCUT2D eigenvalue weighted by molar-refractivity contribution is -0.155. The van der Waals surface area contributed by atoms with Gasteiger partial charge in [-0.1, -0.05) is 55.8 Å². The van der Waals surface area contributed by atoms with Crippen LogP contribution in [0.15, 0.2) is 54.6 Å². The van der Waals surface area contributed by atoms with Crippen molar-refractivity contribution in [1.82, 2.24) is 10.9 Å². The summed E-state index contributed by atoms with van der Waals surface area (Å²) in [4.78, 5) is 48.0. The third kappa shape index (κ3) is 7.16. The number of carbonyl (C=O) groups excluding carboxylic acids is 4. The van der Waals surface area contributed by atoms with Gasteiger partial charge in [0, 0.05) is 17.5 Å². The van der Waals surface area contributed by atoms with Crippen LogP contribution in [0.1, 0.15) is 59.4 Å². The molecule has 2 N–H and O–H groups in total. The highest BCUT2D eigenvalue weighted by molar-refractivity contribution is 5.98. The number of nitrogens with one attached hydrogen (secondary N) is 2. The number of amides is 2. The summed E-state index contributed by atoms with van der Waals surface area (Å²) in [5, 5.41) is 0. The summed E-state index contributed by atoms with van der Waals surface area (Å²) < 4.78 is 5.03. The van der Waals surface area contributed by atoms with Crippen molar-refractivity contribution in [2.75, 3.05) is 0 Å². The molecule has 7 nitrogen and oxygen atoms in total. The fraction of sp³-hybridized carbons (Fsp3) is 0.304. The largest absolute Gasteiger partial charge is 0.452 e. The molecule has 0 radical (unpaired) electrons. The molecule has 0 bridgehead atoms. The van der Waals surface area contributed by atoms with Crippen molar-refractivity contribution in [3.8, 4) is 0 Å². The van der Waals surface area contributed by atoms with Gasteiger partial charge in [0.15, 0.2) is 11.9 Å². The minimum atomic E-state index is -1.11. The highest BCUT2D eigenvalue weighted by Gasteiger charge is 2.19. The normalized spacial score (nSPS) is 11.3. The number of esters is 1. The maximum absolute atomic E-state index is 12.2. The van der Waals surface area contributed by atoms with Gasteiger partial charge in [0.2, 0.25) is 0 Å². The minimum Gasteiger partial charge on any atom is -0.452 e. The van der Waals surface area contributed by atoms with Gasteiger partial charge in [0.1, 0.15) is 0 Å². The van der Waals surface area contributed by atoms with E-state index in [1.165, 1.54) is 6.92 Å². The summed E-state index contributed by atoms with van der Waals surface area (Å²) in [5.74, 6) is -1.99. The molecule has 0 unspecified atom stereocenters. The zero-order valence-electron chi connectivity index (χ0n) is 17.1. The van der Waals surface area contributed by atoms with Gasteiger partial charge in [-0.3, -0.25) is 30.0 Å². The summed E-state index contributed by atoms with van der Waals surface area (Å²) in [5.41, 5.74) is 6.54. The number of benzene rings is 2. The van der Waals surface area contributed by atoms with Crippen molar-refractivity contribution in [2.45, 2.75) is 45.6 Å². The average Bonchev–Trinajstić information content (AvgIpc) is 2.76. The van der Waals surface area contributed by atoms with E-state index in [9.17, 15) is 19.2 Å². The second kappa shape index (κ2) is 11.5. The Morgan fingerprint density at radius 3 is 2.17 bits per heavy atom. The number of Topliss-reactive ketones (excluding diaryl/α,β-unsaturated/α-hetero) is 1. The molecule has 2 aromatic rings. The summed E-state index contributed by atoms with van der Waals surface area (Å²) in [6, 6.07) is 15.7. The van der Waals surface area contributed by atoms with Gasteiger partial charge in [-0.25, -0.2) is 0 Å². The molecule has 0 spiro atoms. The lowest BCUT2D eigenvalue weighted by atomic mass is 10.0. The Balaban J connectivity index is 1.73. The van der Waals surface area contributed by atoms with Crippen LogP contribution in [0.2, 0.25) is 0 Å². The molecule has 2 amide bonds. The molecule has 0 heterocycles. The van der Waals surface area contributed by atoms with E-state index in [0.717, 1.165) is 18.4 Å². The predicted octanol–water partition coefficient (Wildman–Crippen LogP) is 2.99. The molecule has 2 rings (SSSR count). The molecular formula is C23H26N2O5. The molecular weight excluding hydrogens is 384 g/mol. The number of hydrazine groups is 1. The first kappa shape index (κ1) is 22.8. The molecule has 30 heavy (non-hydrogen) atoms. The van der Waals surface area contributed by atoms with Crippen molar-refractivity contribution in [3.05, 3.63) is 71.3 Å². The fourth-order valence-electron chi connectivity index (χ4n) is 2.70. The number of ketones is 1. The Labute approximate surface area is 175 Å². The van der Waals surface area contributed by atoms with E-state index < -0.39 is 23.9 Å². The van der Waals surface area contributed by atoms with Crippen LogP contribution in [0.4, 0.5) is 0 Å². The number of rotatable bonds is 9. The van der Waals surface area contributed by atoms with E-state index in [-0.39, 0.29) is 18.6 Å². The van der Waals surface area contributed by atoms with Crippen LogP contribution in [0.25, 0.3) is 0 Å². The summed E-state index contributed by atoms with van der Waals surface area (Å²) in [6.07, 6.45) is 0.721. The number of carbonyl (C=O) groups is 4. The first-order chi connectivity index (χ1) is 14.4. The molecule has 0 saturated heterocycles. The molecule has 0 fully saturated rings. The number of ether oxygens (including phenoxy) is 1. The van der Waals surface area contributed by atoms with E-state index >= 15 is 0 Å². The molecule has 7 heteroatoms. The Kier molecular flexibility index (Phi) is 8.75. The standard InChI is InChI=1S/C23H26N2O5/c1-3-7-17-10-12-18(13-11-17)20(26)14-15-21(27)30-16(2)22(28)24-25-23(29)19-8-5-4-6-9-19/h4-6,8-13,16H,3,7,14-15H2,1-2H3,(H,24,28)(H,25,29)/t16-/m0/s1. The van der Waals surface area contributed by atoms with Gasteiger partial charge in [-0.2, -0.15) is 0 Å². The van der Waals surface area contributed by atoms with E-state index in [0.29, 0.717) is 11.1 Å². The van der Waals surface area contributed by atoms with Crippen LogP contribution in [0.3, 0.4) is 0 Å². The molecule has 0 saturated carbocycles. The maximum atomic E-state index is 12.2. The fourth-order valence-corrected chi connectivity index (χ4v) is 2.70. The Hall–Kier alpha value is -3.48. The van der Waals surface area contributed by atoms with Gasteiger partial charge in [-0.05, 0) is 31.0 Å². The van der Waals surface area contributed by atoms with Crippen molar-refractivity contribution >= 4 is 23.6 Å². The minimum absolute atomic E-state index is 0.00889. The number of hydrogen-bond acceptors (Lipinski definition) is 5. The van der Waals surface area contributed by atoms with Crippen molar-refractivity contribution in [2.24, 2.45) is 0 Å². The van der Waals surface area contributed by atoms with Crippen LogP contribution in [0.5, 0.6) is 0 Å². The van der Waals surface area contributed by atoms with Crippen LogP contribution >= 0.6 is 0 Å². The first-order valence-electron chi connectivity index (χ1n) is 9.87. The van der Waals surface area contributed by atoms with Crippen LogP contribution < -0.4 is 10.9 Å². The first-order valence-corrected chi connectivity index (χ1v) is 9.87. The molecule has 0 aliphatic rings. The summed E-state index contributed by atoms with van der Waals surface area (Å²) in [7, 11) is 0. The van der Waals surface area contributed by atoms with Gasteiger partial charge < -0.3 is 4.74 Å². The van der Waals surface area contributed by atoms with E-state index in [1.54, 1.807) is 42.5 Å². The second-order valence-corrected chi connectivity index (χ2v) is 6.81. The van der Waals surface area contributed by atoms with Crippen molar-refractivity contribution < 1.29 is 23.9 Å². The lowest BCUT2D eigenvalue weighted by Gasteiger charge is -2.14. The second-order valence-electron chi connectivity index (χ2n) is 6.81. The van der Waals surface area contributed by atoms with Crippen molar-refractivity contribution in [3.63, 3.8) is 0 Å². The molecule has 0 aliphatic carbocycles. The highest BCUT2D eigenvalue weighted by Crippen LogP contribution is 2.10. The number of aryl methyl sites for hydroxylation is 1. The molecule has 158 valence electrons. The zero-order chi connectivity index (χ0) is 21.9. The third-order valence-electron chi connectivity index (χ3n) is 4.38. The van der Waals surface area contributed by atoms with Gasteiger partial charge >= 0.3 is 5.97 Å². The Morgan fingerprint density at radius 1 is 0.867 bits per heavy atom. The van der Waals surface area contributed by atoms with Gasteiger partial charge in [-0.15, -0.1) is 0 Å². The van der Waals surface area contributed by atoms with Crippen LogP contribution in [-0.4, -0.2) is 29.7 Å². The highest BCUT2D eigenvalue weighted by atomic mass is 16.5. The van der Waals surface area contributed by atoms with Crippen LogP contribution in [-0.2, 0) is 20.7 Å².